The van der Waals surface area contributed by atoms with Gasteiger partial charge >= 0.3 is 6.09 Å². The number of aliphatic hydroxyl groups excluding tert-OH is 1. The number of carbonyl (C=O) groups is 2. The number of thiophene rings is 1. The van der Waals surface area contributed by atoms with Crippen molar-refractivity contribution >= 4 is 29.3 Å². The maximum Gasteiger partial charge on any atom is 0.410 e. The van der Waals surface area contributed by atoms with Crippen molar-refractivity contribution < 1.29 is 19.4 Å². The fourth-order valence-electron chi connectivity index (χ4n) is 4.11. The van der Waals surface area contributed by atoms with E-state index in [0.29, 0.717) is 50.8 Å². The van der Waals surface area contributed by atoms with Gasteiger partial charge in [-0.05, 0) is 55.0 Å². The molecule has 0 bridgehead atoms. The first-order valence-corrected chi connectivity index (χ1v) is 11.6. The van der Waals surface area contributed by atoms with Crippen molar-refractivity contribution in [2.24, 2.45) is 0 Å². The average Bonchev–Trinajstić information content (AvgIpc) is 3.14. The number of aliphatic hydroxyl groups is 1. The van der Waals surface area contributed by atoms with Gasteiger partial charge in [-0.15, -0.1) is 11.3 Å². The molecule has 2 aliphatic rings. The van der Waals surface area contributed by atoms with Crippen LogP contribution in [0.3, 0.4) is 0 Å². The van der Waals surface area contributed by atoms with E-state index in [0.717, 1.165) is 20.9 Å². The molecule has 1 fully saturated rings. The van der Waals surface area contributed by atoms with Crippen molar-refractivity contribution in [3.8, 4) is 6.07 Å². The molecule has 1 saturated heterocycles. The number of hydrogen-bond donors (Lipinski definition) is 1. The quantitative estimate of drug-likeness (QED) is 0.700. The fraction of sp³-hybridized carbons (Fsp3) is 0.417. The Balaban J connectivity index is 1.39. The van der Waals surface area contributed by atoms with Gasteiger partial charge in [0.2, 0.25) is 0 Å². The summed E-state index contributed by atoms with van der Waals surface area (Å²) in [6, 6.07) is 5.96. The van der Waals surface area contributed by atoms with Crippen LogP contribution in [0.1, 0.15) is 45.7 Å². The van der Waals surface area contributed by atoms with Crippen LogP contribution in [0.25, 0.3) is 6.08 Å². The number of nitriles is 1. The van der Waals surface area contributed by atoms with Crippen molar-refractivity contribution in [1.29, 1.82) is 5.26 Å². The van der Waals surface area contributed by atoms with Crippen LogP contribution in [0, 0.1) is 11.3 Å². The van der Waals surface area contributed by atoms with Gasteiger partial charge in [-0.25, -0.2) is 4.79 Å². The van der Waals surface area contributed by atoms with Gasteiger partial charge in [0.05, 0.1) is 11.7 Å². The van der Waals surface area contributed by atoms with Crippen molar-refractivity contribution in [2.45, 2.75) is 50.7 Å². The molecule has 2 aromatic heterocycles. The van der Waals surface area contributed by atoms with Crippen LogP contribution in [0.4, 0.5) is 4.79 Å². The maximum atomic E-state index is 12.5. The Morgan fingerprint density at radius 3 is 2.88 bits per heavy atom. The molecule has 0 saturated carbocycles. The second kappa shape index (κ2) is 10.1. The molecule has 2 aromatic rings. The van der Waals surface area contributed by atoms with Gasteiger partial charge in [-0.1, -0.05) is 6.07 Å². The lowest BCUT2D eigenvalue weighted by Crippen LogP contribution is -2.42. The Labute approximate surface area is 191 Å². The van der Waals surface area contributed by atoms with Crippen molar-refractivity contribution in [3.05, 3.63) is 57.0 Å². The number of piperidine rings is 1. The molecule has 1 amide bonds. The summed E-state index contributed by atoms with van der Waals surface area (Å²) in [5.74, 6) is -0.0702. The molecule has 1 N–H and O–H groups in total. The number of hydrogen-bond acceptors (Lipinski definition) is 7. The highest BCUT2D eigenvalue weighted by molar-refractivity contribution is 7.12. The van der Waals surface area contributed by atoms with E-state index in [9.17, 15) is 20.0 Å². The lowest BCUT2D eigenvalue weighted by molar-refractivity contribution is -0.113. The molecule has 1 aliphatic heterocycles. The molecule has 4 rings (SSSR count). The zero-order valence-electron chi connectivity index (χ0n) is 17.7. The second-order valence-electron chi connectivity index (χ2n) is 8.14. The number of pyridine rings is 1. The van der Waals surface area contributed by atoms with E-state index in [1.54, 1.807) is 23.4 Å². The highest BCUT2D eigenvalue weighted by Crippen LogP contribution is 2.35. The molecular weight excluding hydrogens is 426 g/mol. The number of fused-ring (bicyclic) bond motifs is 1. The van der Waals surface area contributed by atoms with Gasteiger partial charge in [0.25, 0.3) is 0 Å². The molecule has 1 unspecified atom stereocenters. The normalized spacial score (nSPS) is 18.9. The largest absolute Gasteiger partial charge is 0.446 e. The molecule has 3 heterocycles. The van der Waals surface area contributed by atoms with E-state index in [1.165, 1.54) is 17.4 Å². The third-order valence-corrected chi connectivity index (χ3v) is 7.13. The Morgan fingerprint density at radius 1 is 1.34 bits per heavy atom. The summed E-state index contributed by atoms with van der Waals surface area (Å²) in [4.78, 5) is 32.4. The number of likely N-dealkylation sites (tertiary alicyclic amines) is 1. The van der Waals surface area contributed by atoms with Gasteiger partial charge in [0.1, 0.15) is 12.2 Å². The van der Waals surface area contributed by atoms with E-state index < -0.39 is 0 Å². The Kier molecular flexibility index (Phi) is 6.98. The number of carbonyl (C=O) groups excluding carboxylic acids is 2. The molecule has 0 radical (unpaired) electrons. The highest BCUT2D eigenvalue weighted by atomic mass is 32.1. The van der Waals surface area contributed by atoms with Crippen molar-refractivity contribution in [1.82, 2.24) is 9.88 Å². The van der Waals surface area contributed by atoms with Gasteiger partial charge in [0.15, 0.2) is 5.78 Å². The Hall–Kier alpha value is -3.02. The van der Waals surface area contributed by atoms with Gasteiger partial charge in [0, 0.05) is 48.1 Å². The number of nitrogens with zero attached hydrogens (tertiary/aromatic N) is 3. The molecule has 8 heteroatoms. The summed E-state index contributed by atoms with van der Waals surface area (Å²) >= 11 is 1.48. The molecule has 0 aromatic carbocycles. The average molecular weight is 452 g/mol. The van der Waals surface area contributed by atoms with E-state index in [-0.39, 0.29) is 30.5 Å². The Morgan fingerprint density at radius 2 is 2.16 bits per heavy atom. The topological polar surface area (TPSA) is 104 Å². The van der Waals surface area contributed by atoms with Crippen LogP contribution in [0.2, 0.25) is 0 Å². The zero-order chi connectivity index (χ0) is 22.5. The standard InChI is InChI=1S/C24H25N3O4S/c25-14-21-20-6-5-19(31-24(30)27-10-7-17(28)8-11-27)13-23(20)32-22(21)12-18(29)4-3-16-2-1-9-26-15-16/h1-4,9,15,17,19,28H,5-8,10-13H2/b4-3+. The number of aromatic nitrogens is 1. The number of ether oxygens (including phenoxy) is 1. The van der Waals surface area contributed by atoms with E-state index >= 15 is 0 Å². The van der Waals surface area contributed by atoms with Crippen molar-refractivity contribution in [3.63, 3.8) is 0 Å². The van der Waals surface area contributed by atoms with Crippen molar-refractivity contribution in [2.75, 3.05) is 13.1 Å². The van der Waals surface area contributed by atoms with E-state index in [4.69, 9.17) is 4.74 Å². The predicted octanol–water partition coefficient (Wildman–Crippen LogP) is 3.29. The van der Waals surface area contributed by atoms with Gasteiger partial charge in [-0.3, -0.25) is 9.78 Å². The summed E-state index contributed by atoms with van der Waals surface area (Å²) in [6.45, 7) is 1.02. The predicted molar refractivity (Wildman–Crippen MR) is 120 cm³/mol. The SMILES string of the molecule is N#Cc1c(CC(=O)/C=C/c2cccnc2)sc2c1CCC(OC(=O)N1CCC(O)CC1)C2. The van der Waals surface area contributed by atoms with Gasteiger partial charge < -0.3 is 14.7 Å². The number of rotatable bonds is 5. The molecule has 166 valence electrons. The first kappa shape index (κ1) is 22.2. The third-order valence-electron chi connectivity index (χ3n) is 5.88. The van der Waals surface area contributed by atoms with Crippen LogP contribution in [0.5, 0.6) is 0 Å². The minimum atomic E-state index is -0.341. The van der Waals surface area contributed by atoms with Crippen LogP contribution >= 0.6 is 11.3 Å². The smallest absolute Gasteiger partial charge is 0.410 e. The summed E-state index contributed by atoms with van der Waals surface area (Å²) in [5, 5.41) is 19.3. The Bertz CT molecular complexity index is 1050. The number of amides is 1. The second-order valence-corrected chi connectivity index (χ2v) is 9.33. The van der Waals surface area contributed by atoms with Crippen LogP contribution in [-0.2, 0) is 28.8 Å². The first-order valence-electron chi connectivity index (χ1n) is 10.8. The highest BCUT2D eigenvalue weighted by Gasteiger charge is 2.30. The molecule has 1 atom stereocenters. The third kappa shape index (κ3) is 5.23. The molecule has 7 nitrogen and oxygen atoms in total. The number of allylic oxidation sites excluding steroid dienone is 1. The molecule has 32 heavy (non-hydrogen) atoms. The van der Waals surface area contributed by atoms with Crippen LogP contribution in [-0.4, -0.2) is 52.2 Å². The lowest BCUT2D eigenvalue weighted by atomic mass is 9.92. The van der Waals surface area contributed by atoms with E-state index in [2.05, 4.69) is 11.1 Å². The summed E-state index contributed by atoms with van der Waals surface area (Å²) < 4.78 is 5.72. The minimum absolute atomic E-state index is 0.0702. The van der Waals surface area contributed by atoms with Crippen LogP contribution < -0.4 is 0 Å². The van der Waals surface area contributed by atoms with Crippen LogP contribution in [0.15, 0.2) is 30.6 Å². The molecule has 1 aliphatic carbocycles. The van der Waals surface area contributed by atoms with E-state index in [1.807, 2.05) is 12.1 Å². The summed E-state index contributed by atoms with van der Waals surface area (Å²) in [5.41, 5.74) is 2.44. The van der Waals surface area contributed by atoms with Gasteiger partial charge in [-0.2, -0.15) is 5.26 Å². The fourth-order valence-corrected chi connectivity index (χ4v) is 5.49. The first-order chi connectivity index (χ1) is 15.5. The zero-order valence-corrected chi connectivity index (χ0v) is 18.5. The maximum absolute atomic E-state index is 12.5. The lowest BCUT2D eigenvalue weighted by Gasteiger charge is -2.31. The molecular formula is C24H25N3O4S. The minimum Gasteiger partial charge on any atom is -0.446 e. The summed E-state index contributed by atoms with van der Waals surface area (Å²) in [7, 11) is 0. The summed E-state index contributed by atoms with van der Waals surface area (Å²) in [6.07, 6.45) is 8.92. The monoisotopic (exact) mass is 451 g/mol. The molecule has 0 spiro atoms. The number of ketones is 1.